The minimum atomic E-state index is -0.352. The highest BCUT2D eigenvalue weighted by atomic mass is 32.1. The van der Waals surface area contributed by atoms with Gasteiger partial charge < -0.3 is 14.8 Å². The van der Waals surface area contributed by atoms with Crippen molar-refractivity contribution < 1.29 is 18.7 Å². The normalized spacial score (nSPS) is 12.1. The molecule has 26 heavy (non-hydrogen) atoms. The second kappa shape index (κ2) is 8.29. The van der Waals surface area contributed by atoms with Gasteiger partial charge in [0.2, 0.25) is 0 Å². The first-order valence-electron chi connectivity index (χ1n) is 8.27. The van der Waals surface area contributed by atoms with E-state index in [2.05, 4.69) is 5.32 Å². The number of ether oxygens (including phenoxy) is 2. The highest BCUT2D eigenvalue weighted by Crippen LogP contribution is 2.34. The van der Waals surface area contributed by atoms with Gasteiger partial charge in [-0.05, 0) is 31.2 Å². The molecule has 1 heterocycles. The van der Waals surface area contributed by atoms with Gasteiger partial charge >= 0.3 is 0 Å². The van der Waals surface area contributed by atoms with Crippen molar-refractivity contribution in [2.45, 2.75) is 19.6 Å². The van der Waals surface area contributed by atoms with Gasteiger partial charge in [0, 0.05) is 28.8 Å². The topological polar surface area (TPSA) is 47.6 Å². The van der Waals surface area contributed by atoms with Crippen LogP contribution in [0.15, 0.2) is 48.5 Å². The summed E-state index contributed by atoms with van der Waals surface area (Å²) in [4.78, 5) is 13.2. The van der Waals surface area contributed by atoms with Gasteiger partial charge in [-0.15, -0.1) is 11.3 Å². The molecule has 1 unspecified atom stereocenters. The van der Waals surface area contributed by atoms with Crippen LogP contribution in [-0.4, -0.2) is 25.7 Å². The van der Waals surface area contributed by atoms with E-state index in [4.69, 9.17) is 9.47 Å². The molecule has 1 atom stereocenters. The van der Waals surface area contributed by atoms with Crippen LogP contribution in [0.2, 0.25) is 0 Å². The molecule has 136 valence electrons. The Morgan fingerprint density at radius 2 is 1.96 bits per heavy atom. The van der Waals surface area contributed by atoms with Crippen molar-refractivity contribution in [2.24, 2.45) is 0 Å². The minimum Gasteiger partial charge on any atom is -0.489 e. The second-order valence-electron chi connectivity index (χ2n) is 5.95. The molecule has 0 bridgehead atoms. The molecule has 0 radical (unpaired) electrons. The number of methoxy groups -OCH3 is 1. The number of fused-ring (bicyclic) bond motifs is 1. The fourth-order valence-electron chi connectivity index (χ4n) is 2.74. The number of amides is 1. The Bertz CT molecular complexity index is 895. The highest BCUT2D eigenvalue weighted by molar-refractivity contribution is 7.21. The predicted molar refractivity (Wildman–Crippen MR) is 101 cm³/mol. The minimum absolute atomic E-state index is 0.117. The van der Waals surface area contributed by atoms with E-state index in [-0.39, 0.29) is 24.4 Å². The van der Waals surface area contributed by atoms with Gasteiger partial charge in [-0.25, -0.2) is 4.39 Å². The van der Waals surface area contributed by atoms with Gasteiger partial charge in [0.05, 0.1) is 11.5 Å². The molecule has 1 N–H and O–H groups in total. The number of hydrogen-bond donors (Lipinski definition) is 1. The fourth-order valence-corrected chi connectivity index (χ4v) is 3.87. The number of carbonyl (C=O) groups is 1. The summed E-state index contributed by atoms with van der Waals surface area (Å²) in [6, 6.07) is 14.0. The predicted octanol–water partition coefficient (Wildman–Crippen LogP) is 4.38. The quantitative estimate of drug-likeness (QED) is 0.668. The largest absolute Gasteiger partial charge is 0.489 e. The molecule has 0 aliphatic heterocycles. The molecule has 4 nitrogen and oxygen atoms in total. The lowest BCUT2D eigenvalue weighted by Crippen LogP contribution is -2.35. The number of benzene rings is 2. The van der Waals surface area contributed by atoms with Gasteiger partial charge in [-0.3, -0.25) is 4.79 Å². The third-order valence-electron chi connectivity index (χ3n) is 3.89. The third kappa shape index (κ3) is 4.03. The highest BCUT2D eigenvalue weighted by Gasteiger charge is 2.22. The summed E-state index contributed by atoms with van der Waals surface area (Å²) < 4.78 is 26.0. The summed E-state index contributed by atoms with van der Waals surface area (Å²) in [5, 5.41) is 3.33. The molecule has 3 aromatic rings. The Morgan fingerprint density at radius 1 is 1.19 bits per heavy atom. The molecular formula is C20H20FNO3S. The lowest BCUT2D eigenvalue weighted by atomic mass is 10.1. The van der Waals surface area contributed by atoms with Crippen LogP contribution in [-0.2, 0) is 11.3 Å². The molecule has 0 aliphatic carbocycles. The smallest absolute Gasteiger partial charge is 0.262 e. The SMILES string of the molecule is COCC(C)NC(=O)c1sc2cccc(F)c2c1COc1ccccc1. The summed E-state index contributed by atoms with van der Waals surface area (Å²) >= 11 is 1.27. The molecular weight excluding hydrogens is 353 g/mol. The van der Waals surface area contributed by atoms with E-state index in [9.17, 15) is 9.18 Å². The van der Waals surface area contributed by atoms with Crippen LogP contribution in [0.5, 0.6) is 5.75 Å². The number of thiophene rings is 1. The number of nitrogens with one attached hydrogen (secondary N) is 1. The summed E-state index contributed by atoms with van der Waals surface area (Å²) in [6.07, 6.45) is 0. The number of carbonyl (C=O) groups excluding carboxylic acids is 1. The fraction of sp³-hybridized carbons (Fsp3) is 0.250. The van der Waals surface area contributed by atoms with Crippen molar-refractivity contribution in [3.8, 4) is 5.75 Å². The molecule has 2 aromatic carbocycles. The maximum absolute atomic E-state index is 14.4. The van der Waals surface area contributed by atoms with Crippen LogP contribution in [0, 0.1) is 5.82 Å². The van der Waals surface area contributed by atoms with Crippen LogP contribution in [0.25, 0.3) is 10.1 Å². The molecule has 0 saturated heterocycles. The van der Waals surface area contributed by atoms with Crippen molar-refractivity contribution in [3.63, 3.8) is 0 Å². The van der Waals surface area contributed by atoms with E-state index in [0.717, 1.165) is 4.70 Å². The Hall–Kier alpha value is -2.44. The summed E-state index contributed by atoms with van der Waals surface area (Å²) in [6.45, 7) is 2.38. The van der Waals surface area contributed by atoms with Gasteiger partial charge in [0.25, 0.3) is 5.91 Å². The van der Waals surface area contributed by atoms with Crippen molar-refractivity contribution in [1.82, 2.24) is 5.32 Å². The molecule has 0 fully saturated rings. The number of halogens is 1. The van der Waals surface area contributed by atoms with Gasteiger partial charge in [0.15, 0.2) is 0 Å². The lowest BCUT2D eigenvalue weighted by Gasteiger charge is -2.13. The summed E-state index contributed by atoms with van der Waals surface area (Å²) in [7, 11) is 1.58. The van der Waals surface area contributed by atoms with Crippen LogP contribution in [0.4, 0.5) is 4.39 Å². The van der Waals surface area contributed by atoms with Gasteiger partial charge in [0.1, 0.15) is 18.2 Å². The van der Waals surface area contributed by atoms with Gasteiger partial charge in [-0.1, -0.05) is 24.3 Å². The first-order chi connectivity index (χ1) is 12.6. The Labute approximate surface area is 155 Å². The second-order valence-corrected chi connectivity index (χ2v) is 7.01. The number of para-hydroxylation sites is 1. The Kier molecular flexibility index (Phi) is 5.85. The number of rotatable bonds is 7. The maximum Gasteiger partial charge on any atom is 0.262 e. The monoisotopic (exact) mass is 373 g/mol. The van der Waals surface area contributed by atoms with E-state index >= 15 is 0 Å². The van der Waals surface area contributed by atoms with Crippen molar-refractivity contribution in [2.75, 3.05) is 13.7 Å². The van der Waals surface area contributed by atoms with Crippen molar-refractivity contribution >= 4 is 27.3 Å². The zero-order chi connectivity index (χ0) is 18.5. The molecule has 0 spiro atoms. The Morgan fingerprint density at radius 3 is 2.69 bits per heavy atom. The number of hydrogen-bond acceptors (Lipinski definition) is 4. The zero-order valence-electron chi connectivity index (χ0n) is 14.6. The van der Waals surface area contributed by atoms with E-state index in [1.54, 1.807) is 13.2 Å². The van der Waals surface area contributed by atoms with Crippen LogP contribution < -0.4 is 10.1 Å². The molecule has 3 rings (SSSR count). The zero-order valence-corrected chi connectivity index (χ0v) is 15.4. The van der Waals surface area contributed by atoms with E-state index < -0.39 is 0 Å². The Balaban J connectivity index is 1.94. The molecule has 1 amide bonds. The van der Waals surface area contributed by atoms with E-state index in [1.165, 1.54) is 17.4 Å². The van der Waals surface area contributed by atoms with Crippen molar-refractivity contribution in [3.05, 3.63) is 64.8 Å². The summed E-state index contributed by atoms with van der Waals surface area (Å²) in [5.41, 5.74) is 0.564. The van der Waals surface area contributed by atoms with E-state index in [1.807, 2.05) is 43.3 Å². The van der Waals surface area contributed by atoms with E-state index in [0.29, 0.717) is 28.2 Å². The molecule has 1 aromatic heterocycles. The van der Waals surface area contributed by atoms with Crippen molar-refractivity contribution in [1.29, 1.82) is 0 Å². The average Bonchev–Trinajstić information content (AvgIpc) is 3.01. The lowest BCUT2D eigenvalue weighted by molar-refractivity contribution is 0.0907. The van der Waals surface area contributed by atoms with Crippen LogP contribution >= 0.6 is 11.3 Å². The maximum atomic E-state index is 14.4. The molecule has 6 heteroatoms. The van der Waals surface area contributed by atoms with Crippen LogP contribution in [0.1, 0.15) is 22.2 Å². The van der Waals surface area contributed by atoms with Crippen LogP contribution in [0.3, 0.4) is 0 Å². The summed E-state index contributed by atoms with van der Waals surface area (Å²) in [5.74, 6) is 0.0681. The standard InChI is InChI=1S/C20H20FNO3S/c1-13(11-24-2)22-20(23)19-15(12-25-14-7-4-3-5-8-14)18-16(21)9-6-10-17(18)26-19/h3-10,13H,11-12H2,1-2H3,(H,22,23). The first-order valence-corrected chi connectivity index (χ1v) is 9.09. The third-order valence-corrected chi connectivity index (χ3v) is 5.09. The molecule has 0 aliphatic rings. The first kappa shape index (κ1) is 18.4. The van der Waals surface area contributed by atoms with Gasteiger partial charge in [-0.2, -0.15) is 0 Å². The average molecular weight is 373 g/mol. The molecule has 0 saturated carbocycles.